The maximum atomic E-state index is 13.7. The number of nitrogens with zero attached hydrogens (tertiary/aromatic N) is 2. The first kappa shape index (κ1) is 18.5. The molecule has 0 aliphatic rings. The molecule has 7 heteroatoms. The Morgan fingerprint density at radius 1 is 1.38 bits per heavy atom. The van der Waals surface area contributed by atoms with Crippen molar-refractivity contribution in [3.05, 3.63) is 68.6 Å². The monoisotopic (exact) mass is 389 g/mol. The molecule has 0 radical (unpaired) electrons. The van der Waals surface area contributed by atoms with Crippen LogP contribution in [0.5, 0.6) is 0 Å². The second-order valence-corrected chi connectivity index (χ2v) is 8.22. The Bertz CT molecular complexity index is 892. The first-order valence-electron chi connectivity index (χ1n) is 8.21. The van der Waals surface area contributed by atoms with Crippen LogP contribution in [0.1, 0.15) is 33.8 Å². The predicted molar refractivity (Wildman–Crippen MR) is 106 cm³/mol. The average Bonchev–Trinajstić information content (AvgIpc) is 3.29. The number of carbonyl (C=O) groups is 1. The molecular weight excluding hydrogens is 369 g/mol. The fraction of sp³-hybridized carbons (Fsp3) is 0.263. The number of amides is 2. The summed E-state index contributed by atoms with van der Waals surface area (Å²) in [6.07, 6.45) is 2.31. The van der Waals surface area contributed by atoms with Crippen molar-refractivity contribution in [1.82, 2.24) is 9.88 Å². The molecule has 26 heavy (non-hydrogen) atoms. The van der Waals surface area contributed by atoms with Gasteiger partial charge in [0.2, 0.25) is 0 Å². The Labute approximate surface area is 160 Å². The Kier molecular flexibility index (Phi) is 5.68. The first-order valence-corrected chi connectivity index (χ1v) is 9.90. The molecule has 1 aromatic carbocycles. The third kappa shape index (κ3) is 4.28. The van der Waals surface area contributed by atoms with E-state index in [0.717, 1.165) is 15.3 Å². The molecule has 0 aliphatic heterocycles. The number of benzene rings is 1. The summed E-state index contributed by atoms with van der Waals surface area (Å²) in [5, 5.41) is 5.38. The van der Waals surface area contributed by atoms with Gasteiger partial charge in [-0.2, -0.15) is 0 Å². The number of thiophene rings is 1. The highest BCUT2D eigenvalue weighted by Crippen LogP contribution is 2.26. The van der Waals surface area contributed by atoms with Gasteiger partial charge in [-0.3, -0.25) is 5.32 Å². The summed E-state index contributed by atoms with van der Waals surface area (Å²) in [6.45, 7) is 3.73. The lowest BCUT2D eigenvalue weighted by molar-refractivity contribution is 0.209. The molecule has 2 aromatic heterocycles. The quantitative estimate of drug-likeness (QED) is 0.629. The molecule has 0 saturated carbocycles. The Balaban J connectivity index is 1.62. The molecule has 0 fully saturated rings. The summed E-state index contributed by atoms with van der Waals surface area (Å²) < 4.78 is 13.7. The fourth-order valence-electron chi connectivity index (χ4n) is 2.47. The van der Waals surface area contributed by atoms with Crippen LogP contribution in [-0.2, 0) is 6.42 Å². The second-order valence-electron chi connectivity index (χ2n) is 6.12. The van der Waals surface area contributed by atoms with Crippen LogP contribution < -0.4 is 5.32 Å². The molecule has 0 saturated heterocycles. The van der Waals surface area contributed by atoms with Gasteiger partial charge in [-0.25, -0.2) is 14.2 Å². The van der Waals surface area contributed by atoms with Crippen molar-refractivity contribution in [2.45, 2.75) is 26.3 Å². The van der Waals surface area contributed by atoms with Crippen molar-refractivity contribution in [2.75, 3.05) is 12.4 Å². The van der Waals surface area contributed by atoms with E-state index < -0.39 is 0 Å². The normalized spacial score (nSPS) is 12.0. The molecule has 1 unspecified atom stereocenters. The minimum absolute atomic E-state index is 0.00929. The van der Waals surface area contributed by atoms with Gasteiger partial charge < -0.3 is 4.90 Å². The summed E-state index contributed by atoms with van der Waals surface area (Å²) in [5.41, 5.74) is 1.52. The van der Waals surface area contributed by atoms with E-state index in [2.05, 4.69) is 10.3 Å². The third-order valence-corrected chi connectivity index (χ3v) is 6.19. The van der Waals surface area contributed by atoms with Crippen LogP contribution in [0.3, 0.4) is 0 Å². The standard InChI is InChI=1S/C19H20FN3OS2/c1-12-6-7-14(10-16(12)20)9-15-11-21-18(26-15)22-19(24)23(3)13(2)17-5-4-8-25-17/h4-8,10-11,13H,9H2,1-3H3,(H,21,22,24). The van der Waals surface area contributed by atoms with E-state index in [1.54, 1.807) is 48.5 Å². The van der Waals surface area contributed by atoms with E-state index in [-0.39, 0.29) is 17.9 Å². The number of nitrogens with one attached hydrogen (secondary N) is 1. The number of urea groups is 1. The number of aryl methyl sites for hydroxylation is 1. The molecule has 1 atom stereocenters. The van der Waals surface area contributed by atoms with E-state index in [1.165, 1.54) is 11.3 Å². The minimum atomic E-state index is -0.204. The van der Waals surface area contributed by atoms with Crippen molar-refractivity contribution < 1.29 is 9.18 Å². The Morgan fingerprint density at radius 3 is 2.88 bits per heavy atom. The number of carbonyl (C=O) groups excluding carboxylic acids is 1. The zero-order valence-electron chi connectivity index (χ0n) is 14.8. The van der Waals surface area contributed by atoms with Gasteiger partial charge in [0.25, 0.3) is 0 Å². The Hall–Kier alpha value is -2.25. The van der Waals surface area contributed by atoms with Gasteiger partial charge in [-0.1, -0.05) is 18.2 Å². The van der Waals surface area contributed by atoms with Gasteiger partial charge >= 0.3 is 6.03 Å². The van der Waals surface area contributed by atoms with Crippen LogP contribution in [0.25, 0.3) is 0 Å². The number of aromatic nitrogens is 1. The SMILES string of the molecule is Cc1ccc(Cc2cnc(NC(=O)N(C)C(C)c3cccs3)s2)cc1F. The van der Waals surface area contributed by atoms with Crippen molar-refractivity contribution in [3.63, 3.8) is 0 Å². The van der Waals surface area contributed by atoms with Crippen LogP contribution in [0.15, 0.2) is 41.9 Å². The van der Waals surface area contributed by atoms with E-state index in [1.807, 2.05) is 30.5 Å². The molecule has 1 N–H and O–H groups in total. The largest absolute Gasteiger partial charge is 0.323 e. The van der Waals surface area contributed by atoms with Crippen molar-refractivity contribution in [3.8, 4) is 0 Å². The van der Waals surface area contributed by atoms with Gasteiger partial charge in [0, 0.05) is 29.4 Å². The molecular formula is C19H20FN3OS2. The van der Waals surface area contributed by atoms with Gasteiger partial charge in [0.1, 0.15) is 5.82 Å². The zero-order valence-corrected chi connectivity index (χ0v) is 16.5. The highest BCUT2D eigenvalue weighted by atomic mass is 32.1. The maximum Gasteiger partial charge on any atom is 0.323 e. The van der Waals surface area contributed by atoms with Gasteiger partial charge in [0.05, 0.1) is 6.04 Å². The van der Waals surface area contributed by atoms with E-state index >= 15 is 0 Å². The van der Waals surface area contributed by atoms with Gasteiger partial charge in [0.15, 0.2) is 5.13 Å². The molecule has 0 aliphatic carbocycles. The summed E-state index contributed by atoms with van der Waals surface area (Å²) in [5.74, 6) is -0.204. The average molecular weight is 390 g/mol. The van der Waals surface area contributed by atoms with Gasteiger partial charge in [-0.05, 0) is 42.5 Å². The summed E-state index contributed by atoms with van der Waals surface area (Å²) >= 11 is 3.03. The van der Waals surface area contributed by atoms with Crippen LogP contribution in [0.2, 0.25) is 0 Å². The van der Waals surface area contributed by atoms with Gasteiger partial charge in [-0.15, -0.1) is 22.7 Å². The number of anilines is 1. The van der Waals surface area contributed by atoms with E-state index in [9.17, 15) is 9.18 Å². The summed E-state index contributed by atoms with van der Waals surface area (Å²) in [7, 11) is 1.77. The molecule has 3 rings (SSSR count). The molecule has 136 valence electrons. The molecule has 2 heterocycles. The zero-order chi connectivity index (χ0) is 18.7. The van der Waals surface area contributed by atoms with E-state index in [0.29, 0.717) is 17.1 Å². The van der Waals surface area contributed by atoms with Crippen LogP contribution in [-0.4, -0.2) is 23.0 Å². The first-order chi connectivity index (χ1) is 12.4. The van der Waals surface area contributed by atoms with Crippen molar-refractivity contribution >= 4 is 33.8 Å². The fourth-order valence-corrected chi connectivity index (χ4v) is 4.13. The summed E-state index contributed by atoms with van der Waals surface area (Å²) in [4.78, 5) is 20.5. The van der Waals surface area contributed by atoms with Crippen LogP contribution in [0.4, 0.5) is 14.3 Å². The number of hydrogen-bond donors (Lipinski definition) is 1. The Morgan fingerprint density at radius 2 is 2.19 bits per heavy atom. The number of halogens is 1. The predicted octanol–water partition coefficient (Wildman–Crippen LogP) is 5.47. The molecule has 4 nitrogen and oxygen atoms in total. The smallest absolute Gasteiger partial charge is 0.320 e. The highest BCUT2D eigenvalue weighted by Gasteiger charge is 2.19. The minimum Gasteiger partial charge on any atom is -0.320 e. The molecule has 3 aromatic rings. The molecule has 2 amide bonds. The lowest BCUT2D eigenvalue weighted by atomic mass is 10.1. The highest BCUT2D eigenvalue weighted by molar-refractivity contribution is 7.15. The van der Waals surface area contributed by atoms with Crippen LogP contribution >= 0.6 is 22.7 Å². The lowest BCUT2D eigenvalue weighted by Crippen LogP contribution is -2.33. The second kappa shape index (κ2) is 7.97. The van der Waals surface area contributed by atoms with E-state index in [4.69, 9.17) is 0 Å². The maximum absolute atomic E-state index is 13.7. The third-order valence-electron chi connectivity index (χ3n) is 4.24. The lowest BCUT2D eigenvalue weighted by Gasteiger charge is -2.23. The topological polar surface area (TPSA) is 45.2 Å². The summed E-state index contributed by atoms with van der Waals surface area (Å²) in [6, 6.07) is 9.01. The number of rotatable bonds is 5. The number of hydrogen-bond acceptors (Lipinski definition) is 4. The molecule has 0 bridgehead atoms. The van der Waals surface area contributed by atoms with Crippen LogP contribution in [0, 0.1) is 12.7 Å². The molecule has 0 spiro atoms. The van der Waals surface area contributed by atoms with Crippen molar-refractivity contribution in [1.29, 1.82) is 0 Å². The van der Waals surface area contributed by atoms with Crippen molar-refractivity contribution in [2.24, 2.45) is 0 Å². The number of thiazole rings is 1.